The van der Waals surface area contributed by atoms with Gasteiger partial charge in [0.05, 0.1) is 0 Å². The predicted molar refractivity (Wildman–Crippen MR) is 78.7 cm³/mol. The predicted octanol–water partition coefficient (Wildman–Crippen LogP) is 1.61. The molecule has 0 radical (unpaired) electrons. The highest BCUT2D eigenvalue weighted by atomic mass is 15.3. The Bertz CT molecular complexity index is 545. The number of hydrogen-bond donors (Lipinski definition) is 1. The molecule has 1 fully saturated rings. The fourth-order valence-electron chi connectivity index (χ4n) is 3.06. The number of rotatable bonds is 5. The molecule has 6 nitrogen and oxygen atoms in total. The lowest BCUT2D eigenvalue weighted by molar-refractivity contribution is 0.411. The van der Waals surface area contributed by atoms with E-state index in [4.69, 9.17) is 5.73 Å². The smallest absolute Gasteiger partial charge is 0.203 e. The second-order valence-electron chi connectivity index (χ2n) is 5.44. The van der Waals surface area contributed by atoms with Crippen molar-refractivity contribution >= 4 is 11.5 Å². The summed E-state index contributed by atoms with van der Waals surface area (Å²) in [5.41, 5.74) is 6.54. The Kier molecular flexibility index (Phi) is 4.11. The lowest BCUT2D eigenvalue weighted by Crippen LogP contribution is -2.39. The van der Waals surface area contributed by atoms with Gasteiger partial charge in [-0.1, -0.05) is 19.3 Å². The third-order valence-electron chi connectivity index (χ3n) is 4.09. The van der Waals surface area contributed by atoms with Crippen LogP contribution in [0.2, 0.25) is 0 Å². The molecule has 1 saturated carbocycles. The van der Waals surface area contributed by atoms with Crippen LogP contribution in [-0.4, -0.2) is 38.7 Å². The molecule has 0 aromatic carbocycles. The second-order valence-corrected chi connectivity index (χ2v) is 5.44. The van der Waals surface area contributed by atoms with E-state index in [0.29, 0.717) is 12.6 Å². The summed E-state index contributed by atoms with van der Waals surface area (Å²) in [6.45, 7) is 1.65. The van der Waals surface area contributed by atoms with Crippen molar-refractivity contribution in [3.63, 3.8) is 0 Å². The fraction of sp³-hybridized carbons (Fsp3) is 0.643. The molecule has 0 saturated heterocycles. The number of nitrogens with two attached hydrogens (primary N) is 1. The summed E-state index contributed by atoms with van der Waals surface area (Å²) >= 11 is 0. The number of fused-ring (bicyclic) bond motifs is 1. The monoisotopic (exact) mass is 274 g/mol. The standard InChI is InChI=1S/C14H22N6/c15-7-4-9-20(12-5-2-1-3-6-12)13-14-18-17-11-19(14)10-8-16-13/h8,10-12H,1-7,9,15H2. The molecule has 0 amide bonds. The Morgan fingerprint density at radius 1 is 1.30 bits per heavy atom. The van der Waals surface area contributed by atoms with Gasteiger partial charge in [-0.25, -0.2) is 4.98 Å². The first-order valence-corrected chi connectivity index (χ1v) is 7.51. The molecule has 0 bridgehead atoms. The van der Waals surface area contributed by atoms with Gasteiger partial charge in [-0.2, -0.15) is 0 Å². The van der Waals surface area contributed by atoms with E-state index in [2.05, 4.69) is 20.1 Å². The molecule has 3 rings (SSSR count). The molecule has 0 unspecified atom stereocenters. The molecular weight excluding hydrogens is 252 g/mol. The first kappa shape index (κ1) is 13.3. The Morgan fingerprint density at radius 2 is 2.15 bits per heavy atom. The number of hydrogen-bond acceptors (Lipinski definition) is 5. The number of nitrogens with zero attached hydrogens (tertiary/aromatic N) is 5. The van der Waals surface area contributed by atoms with Gasteiger partial charge in [0.15, 0.2) is 5.82 Å². The van der Waals surface area contributed by atoms with Gasteiger partial charge >= 0.3 is 0 Å². The highest BCUT2D eigenvalue weighted by Crippen LogP contribution is 2.28. The van der Waals surface area contributed by atoms with Gasteiger partial charge in [0.25, 0.3) is 0 Å². The van der Waals surface area contributed by atoms with Crippen molar-refractivity contribution in [1.82, 2.24) is 19.6 Å². The Hall–Kier alpha value is -1.69. The van der Waals surface area contributed by atoms with Crippen LogP contribution in [0.4, 0.5) is 5.82 Å². The van der Waals surface area contributed by atoms with Crippen LogP contribution in [0.15, 0.2) is 18.7 Å². The van der Waals surface area contributed by atoms with Crippen molar-refractivity contribution < 1.29 is 0 Å². The maximum atomic E-state index is 5.70. The van der Waals surface area contributed by atoms with Crippen LogP contribution in [-0.2, 0) is 0 Å². The van der Waals surface area contributed by atoms with Crippen LogP contribution < -0.4 is 10.6 Å². The third-order valence-corrected chi connectivity index (χ3v) is 4.09. The van der Waals surface area contributed by atoms with Crippen molar-refractivity contribution in [2.45, 2.75) is 44.6 Å². The summed E-state index contributed by atoms with van der Waals surface area (Å²) < 4.78 is 1.93. The summed E-state index contributed by atoms with van der Waals surface area (Å²) in [5, 5.41) is 8.21. The van der Waals surface area contributed by atoms with E-state index in [0.717, 1.165) is 24.4 Å². The normalized spacial score (nSPS) is 16.6. The summed E-state index contributed by atoms with van der Waals surface area (Å²) in [6, 6.07) is 0.561. The van der Waals surface area contributed by atoms with Gasteiger partial charge in [0, 0.05) is 25.0 Å². The zero-order valence-corrected chi connectivity index (χ0v) is 11.8. The molecule has 2 aromatic heterocycles. The first-order valence-electron chi connectivity index (χ1n) is 7.51. The summed E-state index contributed by atoms with van der Waals surface area (Å²) in [5.74, 6) is 0.949. The lowest BCUT2D eigenvalue weighted by atomic mass is 9.94. The molecule has 6 heteroatoms. The van der Waals surface area contributed by atoms with Gasteiger partial charge in [-0.05, 0) is 25.8 Å². The maximum absolute atomic E-state index is 5.70. The van der Waals surface area contributed by atoms with Crippen molar-refractivity contribution in [1.29, 1.82) is 0 Å². The Labute approximate surface area is 119 Å². The van der Waals surface area contributed by atoms with E-state index in [9.17, 15) is 0 Å². The summed E-state index contributed by atoms with van der Waals surface area (Å²) in [4.78, 5) is 6.97. The lowest BCUT2D eigenvalue weighted by Gasteiger charge is -2.35. The topological polar surface area (TPSA) is 72.3 Å². The minimum absolute atomic E-state index is 0.561. The fourth-order valence-corrected chi connectivity index (χ4v) is 3.06. The van der Waals surface area contributed by atoms with Crippen LogP contribution in [0.1, 0.15) is 38.5 Å². The molecule has 2 aromatic rings. The molecule has 20 heavy (non-hydrogen) atoms. The highest BCUT2D eigenvalue weighted by molar-refractivity contribution is 5.63. The summed E-state index contributed by atoms with van der Waals surface area (Å²) in [7, 11) is 0. The van der Waals surface area contributed by atoms with E-state index in [1.807, 2.05) is 16.8 Å². The molecule has 0 atom stereocenters. The van der Waals surface area contributed by atoms with Crippen molar-refractivity contribution in [3.8, 4) is 0 Å². The summed E-state index contributed by atoms with van der Waals surface area (Å²) in [6.07, 6.45) is 12.9. The Morgan fingerprint density at radius 3 is 2.95 bits per heavy atom. The molecule has 1 aliphatic rings. The van der Waals surface area contributed by atoms with E-state index in [1.165, 1.54) is 32.1 Å². The molecule has 2 heterocycles. The van der Waals surface area contributed by atoms with Gasteiger partial charge in [0.2, 0.25) is 5.65 Å². The first-order chi connectivity index (χ1) is 9.90. The van der Waals surface area contributed by atoms with Gasteiger partial charge < -0.3 is 10.6 Å². The number of anilines is 1. The maximum Gasteiger partial charge on any atom is 0.203 e. The molecule has 1 aliphatic carbocycles. The molecule has 2 N–H and O–H groups in total. The zero-order valence-electron chi connectivity index (χ0n) is 11.8. The molecule has 0 aliphatic heterocycles. The minimum atomic E-state index is 0.561. The van der Waals surface area contributed by atoms with E-state index in [-0.39, 0.29) is 0 Å². The molecule has 0 spiro atoms. The Balaban J connectivity index is 1.92. The molecule has 108 valence electrons. The second kappa shape index (κ2) is 6.17. The van der Waals surface area contributed by atoms with Crippen molar-refractivity contribution in [2.75, 3.05) is 18.0 Å². The zero-order chi connectivity index (χ0) is 13.8. The quantitative estimate of drug-likeness (QED) is 0.897. The van der Waals surface area contributed by atoms with Gasteiger partial charge in [-0.15, -0.1) is 10.2 Å². The van der Waals surface area contributed by atoms with Crippen LogP contribution in [0, 0.1) is 0 Å². The highest BCUT2D eigenvalue weighted by Gasteiger charge is 2.24. The average molecular weight is 274 g/mol. The van der Waals surface area contributed by atoms with E-state index < -0.39 is 0 Å². The molecular formula is C14H22N6. The van der Waals surface area contributed by atoms with Crippen LogP contribution >= 0.6 is 0 Å². The van der Waals surface area contributed by atoms with Gasteiger partial charge in [-0.3, -0.25) is 4.40 Å². The average Bonchev–Trinajstić information content (AvgIpc) is 2.98. The van der Waals surface area contributed by atoms with Crippen LogP contribution in [0.3, 0.4) is 0 Å². The SMILES string of the molecule is NCCCN(c1nccn2cnnc12)C1CCCCC1. The van der Waals surface area contributed by atoms with E-state index >= 15 is 0 Å². The van der Waals surface area contributed by atoms with Crippen molar-refractivity contribution in [3.05, 3.63) is 18.7 Å². The number of aromatic nitrogens is 4. The third kappa shape index (κ3) is 2.60. The van der Waals surface area contributed by atoms with Gasteiger partial charge in [0.1, 0.15) is 6.33 Å². The van der Waals surface area contributed by atoms with Crippen LogP contribution in [0.25, 0.3) is 5.65 Å². The minimum Gasteiger partial charge on any atom is -0.350 e. The largest absolute Gasteiger partial charge is 0.350 e. The van der Waals surface area contributed by atoms with E-state index in [1.54, 1.807) is 6.33 Å². The van der Waals surface area contributed by atoms with Crippen molar-refractivity contribution in [2.24, 2.45) is 5.73 Å². The van der Waals surface area contributed by atoms with Crippen LogP contribution in [0.5, 0.6) is 0 Å².